The number of ether oxygens (including phenoxy) is 2. The topological polar surface area (TPSA) is 48.7 Å². The van der Waals surface area contributed by atoms with Crippen molar-refractivity contribution < 1.29 is 18.7 Å². The summed E-state index contributed by atoms with van der Waals surface area (Å²) in [4.78, 5) is 11.3. The first-order chi connectivity index (χ1) is 12.3. The van der Waals surface area contributed by atoms with Crippen LogP contribution < -0.4 is 9.47 Å². The van der Waals surface area contributed by atoms with Crippen LogP contribution in [-0.2, 0) is 11.4 Å². The fourth-order valence-electron chi connectivity index (χ4n) is 2.43. The zero-order valence-electron chi connectivity index (χ0n) is 13.7. The molecule has 3 rings (SSSR count). The van der Waals surface area contributed by atoms with E-state index in [0.29, 0.717) is 47.8 Å². The van der Waals surface area contributed by atoms with Crippen LogP contribution in [0.4, 0.5) is 0 Å². The number of carbonyl (C=O) groups excluding carboxylic acids is 1. The van der Waals surface area contributed by atoms with Crippen molar-refractivity contribution in [1.29, 1.82) is 0 Å². The maximum absolute atomic E-state index is 11.3. The summed E-state index contributed by atoms with van der Waals surface area (Å²) >= 11 is 21.9. The number of carbonyl (C=O) groups is 1. The van der Waals surface area contributed by atoms with Crippen molar-refractivity contribution in [3.05, 3.63) is 55.1 Å². The van der Waals surface area contributed by atoms with Crippen molar-refractivity contribution in [2.24, 2.45) is 0 Å². The highest BCUT2D eigenvalue weighted by molar-refractivity contribution is 9.10. The van der Waals surface area contributed by atoms with Crippen LogP contribution in [0.5, 0.6) is 11.5 Å². The van der Waals surface area contributed by atoms with Crippen molar-refractivity contribution in [3.8, 4) is 11.5 Å². The molecule has 2 aromatic carbocycles. The molecule has 8 heteroatoms. The zero-order valence-corrected chi connectivity index (χ0v) is 17.5. The summed E-state index contributed by atoms with van der Waals surface area (Å²) in [6.07, 6.45) is 0. The first kappa shape index (κ1) is 19.4. The molecule has 0 aliphatic heterocycles. The summed E-state index contributed by atoms with van der Waals surface area (Å²) in [7, 11) is 0. The molecule has 0 saturated heterocycles. The van der Waals surface area contributed by atoms with E-state index in [1.54, 1.807) is 31.2 Å². The highest BCUT2D eigenvalue weighted by atomic mass is 79.9. The second kappa shape index (κ2) is 7.69. The Morgan fingerprint density at radius 2 is 1.88 bits per heavy atom. The summed E-state index contributed by atoms with van der Waals surface area (Å²) in [5.74, 6) is 0.751. The minimum absolute atomic E-state index is 0.191. The van der Waals surface area contributed by atoms with Crippen molar-refractivity contribution in [2.75, 3.05) is 0 Å². The van der Waals surface area contributed by atoms with Gasteiger partial charge in [0, 0.05) is 22.5 Å². The summed E-state index contributed by atoms with van der Waals surface area (Å²) in [5, 5.41) is 1.95. The van der Waals surface area contributed by atoms with Gasteiger partial charge >= 0.3 is 5.97 Å². The molecule has 3 aromatic rings. The number of halogens is 4. The van der Waals surface area contributed by atoms with Crippen molar-refractivity contribution in [2.45, 2.75) is 20.5 Å². The van der Waals surface area contributed by atoms with E-state index in [4.69, 9.17) is 48.7 Å². The van der Waals surface area contributed by atoms with Crippen molar-refractivity contribution in [1.82, 2.24) is 0 Å². The second-order valence-corrected chi connectivity index (χ2v) is 7.53. The van der Waals surface area contributed by atoms with Gasteiger partial charge in [-0.25, -0.2) is 0 Å². The quantitative estimate of drug-likeness (QED) is 0.380. The number of esters is 1. The SMILES string of the molecule is CC(=O)Oc1c(C)oc2c(Br)c(OCc3ccc(Cl)cc3Cl)c(Cl)cc12. The maximum Gasteiger partial charge on any atom is 0.308 e. The summed E-state index contributed by atoms with van der Waals surface area (Å²) < 4.78 is 17.3. The molecule has 0 atom stereocenters. The first-order valence-corrected chi connectivity index (χ1v) is 9.37. The van der Waals surface area contributed by atoms with E-state index in [1.165, 1.54) is 6.92 Å². The summed E-state index contributed by atoms with van der Waals surface area (Å²) in [5.41, 5.74) is 1.23. The smallest absolute Gasteiger partial charge is 0.308 e. The van der Waals surface area contributed by atoms with Gasteiger partial charge in [-0.1, -0.05) is 40.9 Å². The monoisotopic (exact) mass is 476 g/mol. The average Bonchev–Trinajstić information content (AvgIpc) is 2.85. The molecule has 0 unspecified atom stereocenters. The fraction of sp³-hybridized carbons (Fsp3) is 0.167. The molecular weight excluding hydrogens is 466 g/mol. The Kier molecular flexibility index (Phi) is 5.72. The van der Waals surface area contributed by atoms with Crippen molar-refractivity contribution >= 4 is 67.7 Å². The number of rotatable bonds is 4. The predicted molar refractivity (Wildman–Crippen MR) is 106 cm³/mol. The van der Waals surface area contributed by atoms with Crippen LogP contribution in [0.3, 0.4) is 0 Å². The van der Waals surface area contributed by atoms with Crippen LogP contribution in [0.15, 0.2) is 33.2 Å². The Labute approximate surface area is 173 Å². The Balaban J connectivity index is 1.98. The zero-order chi connectivity index (χ0) is 19.0. The van der Waals surface area contributed by atoms with Gasteiger partial charge in [-0.2, -0.15) is 0 Å². The molecule has 0 aliphatic carbocycles. The van der Waals surface area contributed by atoms with Crippen molar-refractivity contribution in [3.63, 3.8) is 0 Å². The van der Waals surface area contributed by atoms with Crippen LogP contribution in [-0.4, -0.2) is 5.97 Å². The Bertz CT molecular complexity index is 1010. The van der Waals surface area contributed by atoms with E-state index in [1.807, 2.05) is 0 Å². The van der Waals surface area contributed by atoms with Gasteiger partial charge in [0.25, 0.3) is 0 Å². The predicted octanol–water partition coefficient (Wildman–Crippen LogP) is 6.97. The molecule has 0 radical (unpaired) electrons. The van der Waals surface area contributed by atoms with Gasteiger partial charge in [-0.15, -0.1) is 0 Å². The van der Waals surface area contributed by atoms with Crippen LogP contribution >= 0.6 is 50.7 Å². The summed E-state index contributed by atoms with van der Waals surface area (Å²) in [6, 6.07) is 6.78. The van der Waals surface area contributed by atoms with Gasteiger partial charge in [0.1, 0.15) is 16.8 Å². The van der Waals surface area contributed by atoms with Gasteiger partial charge in [0.2, 0.25) is 0 Å². The third-order valence-corrected chi connectivity index (χ3v) is 5.17. The number of aryl methyl sites for hydroxylation is 1. The highest BCUT2D eigenvalue weighted by Crippen LogP contribution is 2.45. The molecule has 4 nitrogen and oxygen atoms in total. The lowest BCUT2D eigenvalue weighted by molar-refractivity contribution is -0.131. The van der Waals surface area contributed by atoms with E-state index >= 15 is 0 Å². The van der Waals surface area contributed by atoms with Gasteiger partial charge in [0.15, 0.2) is 17.1 Å². The van der Waals surface area contributed by atoms with Gasteiger partial charge in [-0.3, -0.25) is 4.79 Å². The number of fused-ring (bicyclic) bond motifs is 1. The van der Waals surface area contributed by atoms with E-state index in [-0.39, 0.29) is 6.61 Å². The van der Waals surface area contributed by atoms with Crippen LogP contribution in [0.1, 0.15) is 18.2 Å². The molecule has 0 bridgehead atoms. The molecule has 0 spiro atoms. The Hall–Kier alpha value is -1.40. The molecule has 0 saturated carbocycles. The third kappa shape index (κ3) is 3.81. The maximum atomic E-state index is 11.3. The molecular formula is C18H12BrCl3O4. The molecule has 0 N–H and O–H groups in total. The van der Waals surface area contributed by atoms with Gasteiger partial charge < -0.3 is 13.9 Å². The molecule has 0 aliphatic rings. The van der Waals surface area contributed by atoms with E-state index in [0.717, 1.165) is 5.56 Å². The summed E-state index contributed by atoms with van der Waals surface area (Å²) in [6.45, 7) is 3.21. The largest absolute Gasteiger partial charge is 0.486 e. The normalized spacial score (nSPS) is 11.0. The molecule has 136 valence electrons. The van der Waals surface area contributed by atoms with E-state index < -0.39 is 5.97 Å². The van der Waals surface area contributed by atoms with Crippen LogP contribution in [0.2, 0.25) is 15.1 Å². The lowest BCUT2D eigenvalue weighted by Crippen LogP contribution is -2.01. The molecule has 0 fully saturated rings. The van der Waals surface area contributed by atoms with Crippen LogP contribution in [0, 0.1) is 6.92 Å². The standard InChI is InChI=1S/C18H12BrCl3O4/c1-8-16(26-9(2)23)12-6-14(22)18(15(19)17(12)25-8)24-7-10-3-4-11(20)5-13(10)21/h3-6H,7H2,1-2H3. The fourth-order valence-corrected chi connectivity index (χ4v) is 3.89. The van der Waals surface area contributed by atoms with Gasteiger partial charge in [0.05, 0.1) is 10.4 Å². The number of furan rings is 1. The van der Waals surface area contributed by atoms with Gasteiger partial charge in [-0.05, 0) is 41.1 Å². The second-order valence-electron chi connectivity index (χ2n) is 5.48. The molecule has 0 amide bonds. The van der Waals surface area contributed by atoms with Crippen LogP contribution in [0.25, 0.3) is 11.0 Å². The molecule has 26 heavy (non-hydrogen) atoms. The number of hydrogen-bond donors (Lipinski definition) is 0. The van der Waals surface area contributed by atoms with E-state index in [2.05, 4.69) is 15.9 Å². The molecule has 1 heterocycles. The minimum Gasteiger partial charge on any atom is -0.486 e. The minimum atomic E-state index is -0.444. The Morgan fingerprint density at radius 1 is 1.15 bits per heavy atom. The number of hydrogen-bond acceptors (Lipinski definition) is 4. The lowest BCUT2D eigenvalue weighted by atomic mass is 10.2. The Morgan fingerprint density at radius 3 is 2.54 bits per heavy atom. The van der Waals surface area contributed by atoms with E-state index in [9.17, 15) is 4.79 Å². The highest BCUT2D eigenvalue weighted by Gasteiger charge is 2.22. The first-order valence-electron chi connectivity index (χ1n) is 7.44. The lowest BCUT2D eigenvalue weighted by Gasteiger charge is -2.12. The third-order valence-electron chi connectivity index (χ3n) is 3.58. The number of benzene rings is 2. The average molecular weight is 479 g/mol. The molecule has 1 aromatic heterocycles.